The van der Waals surface area contributed by atoms with E-state index in [1.165, 1.54) is 12.1 Å². The van der Waals surface area contributed by atoms with Crippen LogP contribution in [0, 0.1) is 10.1 Å². The predicted octanol–water partition coefficient (Wildman–Crippen LogP) is 3.68. The zero-order valence-corrected chi connectivity index (χ0v) is 13.7. The molecule has 0 fully saturated rings. The lowest BCUT2D eigenvalue weighted by molar-refractivity contribution is -0.384. The molecule has 27 heavy (non-hydrogen) atoms. The van der Waals surface area contributed by atoms with Crippen molar-refractivity contribution in [1.29, 1.82) is 0 Å². The third-order valence-electron chi connectivity index (χ3n) is 3.83. The largest absolute Gasteiger partial charge is 0.486 e. The first-order chi connectivity index (χ1) is 12.8. The Morgan fingerprint density at radius 1 is 1.11 bits per heavy atom. The number of anilines is 1. The van der Waals surface area contributed by atoms with Crippen LogP contribution in [-0.4, -0.2) is 30.5 Å². The topological polar surface area (TPSA) is 90.7 Å². The average molecular weight is 382 g/mol. The van der Waals surface area contributed by atoms with Gasteiger partial charge in [-0.25, -0.2) is 0 Å². The van der Waals surface area contributed by atoms with Crippen LogP contribution < -0.4 is 14.8 Å². The highest BCUT2D eigenvalue weighted by atomic mass is 19.4. The molecule has 2 aromatic carbocycles. The number of fused-ring (bicyclic) bond motifs is 1. The maximum Gasteiger partial charge on any atom is 0.416 e. The first kappa shape index (κ1) is 18.5. The fourth-order valence-corrected chi connectivity index (χ4v) is 2.50. The summed E-state index contributed by atoms with van der Waals surface area (Å²) in [5.74, 6) is 0.498. The Morgan fingerprint density at radius 2 is 1.81 bits per heavy atom. The summed E-state index contributed by atoms with van der Waals surface area (Å²) in [5, 5.41) is 13.6. The number of ether oxygens (including phenoxy) is 2. The quantitative estimate of drug-likeness (QED) is 0.482. The van der Waals surface area contributed by atoms with Gasteiger partial charge >= 0.3 is 6.18 Å². The van der Waals surface area contributed by atoms with Gasteiger partial charge in [0.05, 0.1) is 17.0 Å². The summed E-state index contributed by atoms with van der Waals surface area (Å²) in [5.41, 5.74) is -1.81. The molecule has 0 aliphatic carbocycles. The Morgan fingerprint density at radius 3 is 2.48 bits per heavy atom. The molecule has 0 saturated heterocycles. The Hall–Kier alpha value is -3.30. The lowest BCUT2D eigenvalue weighted by atomic mass is 10.1. The van der Waals surface area contributed by atoms with Gasteiger partial charge in [0.1, 0.15) is 18.9 Å². The van der Waals surface area contributed by atoms with E-state index in [0.29, 0.717) is 36.8 Å². The standard InChI is InChI=1S/C17H13F3N2O5/c18-17(19,20)11-2-3-12(13(8-11)22(24)25)21-9-14(23)10-1-4-15-16(7-10)27-6-5-26-15/h1-4,7-8,21H,5-6,9H2. The van der Waals surface area contributed by atoms with Crippen LogP contribution in [0.25, 0.3) is 0 Å². The van der Waals surface area contributed by atoms with Crippen LogP contribution in [0.1, 0.15) is 15.9 Å². The van der Waals surface area contributed by atoms with E-state index >= 15 is 0 Å². The second kappa shape index (κ2) is 7.14. The number of hydrogen-bond donors (Lipinski definition) is 1. The van der Waals surface area contributed by atoms with Crippen LogP contribution in [0.5, 0.6) is 11.5 Å². The molecule has 0 spiro atoms. The van der Waals surface area contributed by atoms with E-state index in [1.54, 1.807) is 6.07 Å². The van der Waals surface area contributed by atoms with E-state index in [2.05, 4.69) is 5.32 Å². The molecule has 0 radical (unpaired) electrons. The number of nitrogens with zero attached hydrogens (tertiary/aromatic N) is 1. The van der Waals surface area contributed by atoms with Crippen molar-refractivity contribution < 1.29 is 32.4 Å². The SMILES string of the molecule is O=C(CNc1ccc(C(F)(F)F)cc1[N+](=O)[O-])c1ccc2c(c1)OCCO2. The molecule has 0 bridgehead atoms. The molecule has 3 rings (SSSR count). The third kappa shape index (κ3) is 4.10. The van der Waals surface area contributed by atoms with Gasteiger partial charge in [-0.3, -0.25) is 14.9 Å². The van der Waals surface area contributed by atoms with Crippen molar-refractivity contribution in [2.45, 2.75) is 6.18 Å². The lowest BCUT2D eigenvalue weighted by Gasteiger charge is -2.18. The number of hydrogen-bond acceptors (Lipinski definition) is 6. The van der Waals surface area contributed by atoms with E-state index in [1.807, 2.05) is 0 Å². The van der Waals surface area contributed by atoms with Gasteiger partial charge in [-0.2, -0.15) is 13.2 Å². The summed E-state index contributed by atoms with van der Waals surface area (Å²) in [7, 11) is 0. The summed E-state index contributed by atoms with van der Waals surface area (Å²) in [6.45, 7) is 0.409. The van der Waals surface area contributed by atoms with Crippen LogP contribution in [0.3, 0.4) is 0 Å². The monoisotopic (exact) mass is 382 g/mol. The van der Waals surface area contributed by atoms with Crippen LogP contribution in [0.15, 0.2) is 36.4 Å². The van der Waals surface area contributed by atoms with Gasteiger partial charge in [-0.15, -0.1) is 0 Å². The highest BCUT2D eigenvalue weighted by molar-refractivity contribution is 5.99. The van der Waals surface area contributed by atoms with Gasteiger partial charge in [0.2, 0.25) is 0 Å². The van der Waals surface area contributed by atoms with Crippen molar-refractivity contribution in [3.8, 4) is 11.5 Å². The molecule has 0 unspecified atom stereocenters. The molecule has 1 aliphatic heterocycles. The molecule has 1 N–H and O–H groups in total. The molecule has 10 heteroatoms. The van der Waals surface area contributed by atoms with Crippen molar-refractivity contribution in [3.05, 3.63) is 57.6 Å². The van der Waals surface area contributed by atoms with Gasteiger partial charge in [0.25, 0.3) is 5.69 Å². The molecule has 142 valence electrons. The number of carbonyl (C=O) groups excluding carboxylic acids is 1. The first-order valence-corrected chi connectivity index (χ1v) is 7.78. The molecule has 0 aromatic heterocycles. The van der Waals surface area contributed by atoms with E-state index in [4.69, 9.17) is 9.47 Å². The van der Waals surface area contributed by atoms with Gasteiger partial charge in [-0.1, -0.05) is 0 Å². The fourth-order valence-electron chi connectivity index (χ4n) is 2.50. The number of Topliss-reactive ketones (excluding diaryl/α,β-unsaturated/α-hetero) is 1. The average Bonchev–Trinajstić information content (AvgIpc) is 2.64. The molecular formula is C17H13F3N2O5. The second-order valence-electron chi connectivity index (χ2n) is 5.62. The van der Waals surface area contributed by atoms with Crippen LogP contribution >= 0.6 is 0 Å². The van der Waals surface area contributed by atoms with E-state index in [0.717, 1.165) is 6.07 Å². The Kier molecular flexibility index (Phi) is 4.89. The summed E-state index contributed by atoms with van der Waals surface area (Å²) < 4.78 is 48.9. The zero-order chi connectivity index (χ0) is 19.6. The van der Waals surface area contributed by atoms with Crippen LogP contribution in [0.2, 0.25) is 0 Å². The number of alkyl halides is 3. The number of rotatable bonds is 5. The number of nitro groups is 1. The maximum atomic E-state index is 12.7. The first-order valence-electron chi connectivity index (χ1n) is 7.78. The summed E-state index contributed by atoms with van der Waals surface area (Å²) in [4.78, 5) is 22.4. The van der Waals surface area contributed by atoms with E-state index in [-0.39, 0.29) is 17.8 Å². The van der Waals surface area contributed by atoms with Crippen molar-refractivity contribution in [3.63, 3.8) is 0 Å². The minimum absolute atomic E-state index is 0.182. The Balaban J connectivity index is 1.76. The number of ketones is 1. The Bertz CT molecular complexity index is 899. The molecule has 1 heterocycles. The van der Waals surface area contributed by atoms with Gasteiger partial charge in [0.15, 0.2) is 17.3 Å². The molecule has 2 aromatic rings. The molecule has 0 saturated carbocycles. The number of halogens is 3. The molecule has 0 atom stereocenters. The minimum atomic E-state index is -4.70. The lowest BCUT2D eigenvalue weighted by Crippen LogP contribution is -2.18. The van der Waals surface area contributed by atoms with E-state index < -0.39 is 28.1 Å². The van der Waals surface area contributed by atoms with Crippen molar-refractivity contribution in [2.75, 3.05) is 25.1 Å². The number of nitrogens with one attached hydrogen (secondary N) is 1. The molecule has 1 aliphatic rings. The number of benzene rings is 2. The zero-order valence-electron chi connectivity index (χ0n) is 13.7. The number of nitro benzene ring substituents is 1. The maximum absolute atomic E-state index is 12.7. The van der Waals surface area contributed by atoms with Crippen LogP contribution in [0.4, 0.5) is 24.5 Å². The van der Waals surface area contributed by atoms with Gasteiger partial charge in [0, 0.05) is 11.6 Å². The fraction of sp³-hybridized carbons (Fsp3) is 0.235. The van der Waals surface area contributed by atoms with Crippen molar-refractivity contribution >= 4 is 17.2 Å². The third-order valence-corrected chi connectivity index (χ3v) is 3.83. The smallest absolute Gasteiger partial charge is 0.416 e. The highest BCUT2D eigenvalue weighted by Crippen LogP contribution is 2.35. The predicted molar refractivity (Wildman–Crippen MR) is 88.4 cm³/mol. The normalized spacial score (nSPS) is 13.1. The van der Waals surface area contributed by atoms with E-state index in [9.17, 15) is 28.1 Å². The second-order valence-corrected chi connectivity index (χ2v) is 5.62. The van der Waals surface area contributed by atoms with Crippen LogP contribution in [-0.2, 0) is 6.18 Å². The van der Waals surface area contributed by atoms with Gasteiger partial charge in [-0.05, 0) is 30.3 Å². The van der Waals surface area contributed by atoms with Crippen molar-refractivity contribution in [2.24, 2.45) is 0 Å². The Labute approximate surface area is 150 Å². The van der Waals surface area contributed by atoms with Gasteiger partial charge < -0.3 is 14.8 Å². The highest BCUT2D eigenvalue weighted by Gasteiger charge is 2.33. The summed E-state index contributed by atoms with van der Waals surface area (Å²) >= 11 is 0. The minimum Gasteiger partial charge on any atom is -0.486 e. The van der Waals surface area contributed by atoms with Crippen molar-refractivity contribution in [1.82, 2.24) is 0 Å². The summed E-state index contributed by atoms with van der Waals surface area (Å²) in [6.07, 6.45) is -4.70. The number of carbonyl (C=O) groups is 1. The summed E-state index contributed by atoms with van der Waals surface area (Å²) in [6, 6.07) is 6.64. The molecule has 7 nitrogen and oxygen atoms in total. The molecular weight excluding hydrogens is 369 g/mol. The molecule has 0 amide bonds.